The number of benzene rings is 3. The summed E-state index contributed by atoms with van der Waals surface area (Å²) >= 11 is 0. The third kappa shape index (κ3) is 2.50. The Labute approximate surface area is 171 Å². The number of nitro groups is 1. The maximum absolute atomic E-state index is 13.7. The minimum atomic E-state index is -4.02. The topological polar surface area (TPSA) is 106 Å². The molecule has 1 aliphatic heterocycles. The number of fused-ring (bicyclic) bond motifs is 3. The van der Waals surface area contributed by atoms with Gasteiger partial charge in [-0.05, 0) is 17.7 Å². The minimum Gasteiger partial charge on any atom is -0.354 e. The van der Waals surface area contributed by atoms with E-state index >= 15 is 0 Å². The lowest BCUT2D eigenvalue weighted by Crippen LogP contribution is -2.19. The maximum atomic E-state index is 13.7. The van der Waals surface area contributed by atoms with E-state index < -0.39 is 20.0 Å². The van der Waals surface area contributed by atoms with E-state index in [0.29, 0.717) is 28.1 Å². The van der Waals surface area contributed by atoms with Crippen LogP contribution in [0.25, 0.3) is 5.70 Å². The Hall–Kier alpha value is -3.78. The summed E-state index contributed by atoms with van der Waals surface area (Å²) in [6.45, 7) is 0. The number of Topliss-reactive ketones (excluding diaryl/α,β-unsaturated/α-hetero) is 1. The van der Waals surface area contributed by atoms with E-state index in [4.69, 9.17) is 0 Å². The molecule has 1 heterocycles. The maximum Gasteiger partial charge on any atom is 0.269 e. The smallest absolute Gasteiger partial charge is 0.269 e. The molecule has 2 aliphatic rings. The van der Waals surface area contributed by atoms with E-state index in [1.165, 1.54) is 30.3 Å². The highest BCUT2D eigenvalue weighted by Gasteiger charge is 2.45. The number of non-ortho nitro benzene ring substituents is 1. The van der Waals surface area contributed by atoms with Crippen LogP contribution in [-0.2, 0) is 9.84 Å². The molecule has 5 rings (SSSR count). The van der Waals surface area contributed by atoms with E-state index in [0.717, 1.165) is 0 Å². The summed E-state index contributed by atoms with van der Waals surface area (Å²) in [5.74, 6) is -0.368. The molecule has 0 radical (unpaired) electrons. The first-order chi connectivity index (χ1) is 14.4. The van der Waals surface area contributed by atoms with Gasteiger partial charge in [0, 0.05) is 28.8 Å². The molecule has 8 heteroatoms. The number of carbonyl (C=O) groups excluding carboxylic acids is 1. The van der Waals surface area contributed by atoms with E-state index in [2.05, 4.69) is 5.32 Å². The number of sulfone groups is 1. The average Bonchev–Trinajstić information content (AvgIpc) is 2.95. The Kier molecular flexibility index (Phi) is 3.87. The van der Waals surface area contributed by atoms with Crippen LogP contribution in [0.5, 0.6) is 0 Å². The zero-order chi connectivity index (χ0) is 21.0. The summed E-state index contributed by atoms with van der Waals surface area (Å²) in [4.78, 5) is 23.9. The number of para-hydroxylation sites is 1. The number of carbonyl (C=O) groups is 1. The first-order valence-electron chi connectivity index (χ1n) is 9.12. The van der Waals surface area contributed by atoms with E-state index in [1.54, 1.807) is 42.5 Å². The molecule has 0 bridgehead atoms. The minimum absolute atomic E-state index is 0.0769. The van der Waals surface area contributed by atoms with Gasteiger partial charge in [0.1, 0.15) is 5.25 Å². The summed E-state index contributed by atoms with van der Waals surface area (Å²) in [6, 6.07) is 18.7. The molecule has 0 saturated heterocycles. The molecule has 0 aromatic heterocycles. The molecule has 0 unspecified atom stereocenters. The SMILES string of the molecule is O=C1C2=C(Nc3ccccc3S(=O)(=O)[C@@H]2c2ccc([N+](=O)[O-])cc2)c2ccccc21. The number of hydrogen-bond donors (Lipinski definition) is 1. The van der Waals surface area contributed by atoms with Crippen molar-refractivity contribution in [2.24, 2.45) is 0 Å². The molecule has 148 valence electrons. The molecule has 7 nitrogen and oxygen atoms in total. The fourth-order valence-corrected chi connectivity index (χ4v) is 6.04. The van der Waals surface area contributed by atoms with Gasteiger partial charge in [-0.3, -0.25) is 14.9 Å². The van der Waals surface area contributed by atoms with Crippen molar-refractivity contribution in [2.45, 2.75) is 10.1 Å². The van der Waals surface area contributed by atoms with Crippen molar-refractivity contribution in [3.8, 4) is 0 Å². The Morgan fingerprint density at radius 1 is 0.867 bits per heavy atom. The van der Waals surface area contributed by atoms with Crippen LogP contribution >= 0.6 is 0 Å². The summed E-state index contributed by atoms with van der Waals surface area (Å²) < 4.78 is 27.4. The number of ketones is 1. The molecule has 30 heavy (non-hydrogen) atoms. The number of nitrogens with zero attached hydrogens (tertiary/aromatic N) is 1. The number of anilines is 1. The average molecular weight is 418 g/mol. The van der Waals surface area contributed by atoms with Gasteiger partial charge in [0.25, 0.3) is 5.69 Å². The van der Waals surface area contributed by atoms with Gasteiger partial charge in [-0.25, -0.2) is 8.42 Å². The first-order valence-corrected chi connectivity index (χ1v) is 10.7. The molecule has 1 aliphatic carbocycles. The van der Waals surface area contributed by atoms with Crippen molar-refractivity contribution in [1.82, 2.24) is 0 Å². The third-order valence-electron chi connectivity index (χ3n) is 5.39. The van der Waals surface area contributed by atoms with Gasteiger partial charge in [0.2, 0.25) is 0 Å². The van der Waals surface area contributed by atoms with Crippen LogP contribution in [0.15, 0.2) is 83.3 Å². The Balaban J connectivity index is 1.82. The zero-order valence-corrected chi connectivity index (χ0v) is 16.2. The second-order valence-electron chi connectivity index (χ2n) is 7.06. The van der Waals surface area contributed by atoms with Gasteiger partial charge >= 0.3 is 0 Å². The monoisotopic (exact) mass is 418 g/mol. The van der Waals surface area contributed by atoms with Crippen LogP contribution in [0, 0.1) is 10.1 Å². The second-order valence-corrected chi connectivity index (χ2v) is 9.06. The summed E-state index contributed by atoms with van der Waals surface area (Å²) in [5, 5.41) is 12.9. The predicted octanol–water partition coefficient (Wildman–Crippen LogP) is 4.14. The Bertz CT molecular complexity index is 1370. The summed E-state index contributed by atoms with van der Waals surface area (Å²) in [6.07, 6.45) is 0. The van der Waals surface area contributed by atoms with Crippen LogP contribution in [0.4, 0.5) is 11.4 Å². The van der Waals surface area contributed by atoms with Crippen LogP contribution < -0.4 is 5.32 Å². The number of rotatable bonds is 2. The molecule has 0 spiro atoms. The fraction of sp³-hybridized carbons (Fsp3) is 0.0455. The quantitative estimate of drug-likeness (QED) is 0.495. The Morgan fingerprint density at radius 3 is 2.20 bits per heavy atom. The molecule has 0 amide bonds. The van der Waals surface area contributed by atoms with Crippen LogP contribution in [0.1, 0.15) is 26.7 Å². The van der Waals surface area contributed by atoms with Gasteiger partial charge in [-0.2, -0.15) is 0 Å². The van der Waals surface area contributed by atoms with E-state index in [-0.39, 0.29) is 21.9 Å². The first kappa shape index (κ1) is 18.3. The van der Waals surface area contributed by atoms with Crippen LogP contribution in [0.2, 0.25) is 0 Å². The lowest BCUT2D eigenvalue weighted by Gasteiger charge is -2.18. The number of nitrogens with one attached hydrogen (secondary N) is 1. The van der Waals surface area contributed by atoms with Gasteiger partial charge in [-0.15, -0.1) is 0 Å². The fourth-order valence-electron chi connectivity index (χ4n) is 4.04. The van der Waals surface area contributed by atoms with Crippen molar-refractivity contribution < 1.29 is 18.1 Å². The molecule has 3 aromatic rings. The van der Waals surface area contributed by atoms with Crippen LogP contribution in [-0.4, -0.2) is 19.1 Å². The van der Waals surface area contributed by atoms with Gasteiger partial charge in [-0.1, -0.05) is 48.5 Å². The molecular formula is C22H14N2O5S. The highest BCUT2D eigenvalue weighted by atomic mass is 32.2. The largest absolute Gasteiger partial charge is 0.354 e. The number of nitro benzene ring substituents is 1. The van der Waals surface area contributed by atoms with Gasteiger partial charge < -0.3 is 5.32 Å². The highest BCUT2D eigenvalue weighted by Crippen LogP contribution is 2.49. The number of hydrogen-bond acceptors (Lipinski definition) is 6. The molecule has 1 atom stereocenters. The summed E-state index contributed by atoms with van der Waals surface area (Å²) in [5.41, 5.74) is 2.17. The van der Waals surface area contributed by atoms with Crippen molar-refractivity contribution in [2.75, 3.05) is 5.32 Å². The van der Waals surface area contributed by atoms with Gasteiger partial charge in [0.05, 0.1) is 21.2 Å². The standard InChI is InChI=1S/C22H14N2O5S/c25-21-16-6-2-1-5-15(16)20-19(21)22(13-9-11-14(12-10-13)24(26)27)30(28,29)18-8-4-3-7-17(18)23-20/h1-12,22-23H/t22-/m1/s1. The molecular weight excluding hydrogens is 404 g/mol. The lowest BCUT2D eigenvalue weighted by atomic mass is 10.0. The molecule has 3 aromatic carbocycles. The second kappa shape index (κ2) is 6.36. The molecule has 0 fully saturated rings. The Morgan fingerprint density at radius 2 is 1.50 bits per heavy atom. The van der Waals surface area contributed by atoms with Crippen molar-refractivity contribution in [3.05, 3.63) is 105 Å². The van der Waals surface area contributed by atoms with E-state index in [9.17, 15) is 23.3 Å². The predicted molar refractivity (Wildman–Crippen MR) is 111 cm³/mol. The summed E-state index contributed by atoms with van der Waals surface area (Å²) in [7, 11) is -4.02. The zero-order valence-electron chi connectivity index (χ0n) is 15.4. The normalized spacial score (nSPS) is 18.7. The highest BCUT2D eigenvalue weighted by molar-refractivity contribution is 7.92. The third-order valence-corrected chi connectivity index (χ3v) is 7.48. The van der Waals surface area contributed by atoms with E-state index in [1.807, 2.05) is 0 Å². The van der Waals surface area contributed by atoms with Crippen molar-refractivity contribution in [3.63, 3.8) is 0 Å². The molecule has 0 saturated carbocycles. The lowest BCUT2D eigenvalue weighted by molar-refractivity contribution is -0.384. The van der Waals surface area contributed by atoms with Gasteiger partial charge in [0.15, 0.2) is 15.6 Å². The van der Waals surface area contributed by atoms with Crippen molar-refractivity contribution in [1.29, 1.82) is 0 Å². The van der Waals surface area contributed by atoms with Crippen molar-refractivity contribution >= 4 is 32.7 Å². The van der Waals surface area contributed by atoms with Crippen LogP contribution in [0.3, 0.4) is 0 Å². The molecule has 1 N–H and O–H groups in total.